The van der Waals surface area contributed by atoms with Crippen LogP contribution < -0.4 is 5.32 Å². The highest BCUT2D eigenvalue weighted by Crippen LogP contribution is 2.31. The van der Waals surface area contributed by atoms with Crippen molar-refractivity contribution in [3.05, 3.63) is 60.5 Å². The zero-order chi connectivity index (χ0) is 21.5. The van der Waals surface area contributed by atoms with Crippen LogP contribution in [-0.2, 0) is 11.3 Å². The Morgan fingerprint density at radius 1 is 1.06 bits per heavy atom. The molecule has 1 fully saturated rings. The van der Waals surface area contributed by atoms with E-state index in [-0.39, 0.29) is 5.91 Å². The minimum Gasteiger partial charge on any atom is -0.347 e. The van der Waals surface area contributed by atoms with Crippen LogP contribution in [0.1, 0.15) is 51.9 Å². The van der Waals surface area contributed by atoms with Crippen LogP contribution in [-0.4, -0.2) is 35.0 Å². The second-order valence-corrected chi connectivity index (χ2v) is 9.13. The molecule has 166 valence electrons. The number of aromatic nitrogens is 1. The summed E-state index contributed by atoms with van der Waals surface area (Å²) in [5.74, 6) is 1.53. The fourth-order valence-corrected chi connectivity index (χ4v) is 5.06. The Kier molecular flexibility index (Phi) is 7.63. The second-order valence-electron chi connectivity index (χ2n) is 9.13. The van der Waals surface area contributed by atoms with E-state index in [0.717, 1.165) is 24.6 Å². The van der Waals surface area contributed by atoms with Crippen molar-refractivity contribution in [3.63, 3.8) is 0 Å². The van der Waals surface area contributed by atoms with Crippen LogP contribution >= 0.6 is 0 Å². The van der Waals surface area contributed by atoms with Crippen molar-refractivity contribution in [2.75, 3.05) is 19.6 Å². The van der Waals surface area contributed by atoms with Gasteiger partial charge in [0.1, 0.15) is 0 Å². The van der Waals surface area contributed by atoms with E-state index in [0.29, 0.717) is 12.3 Å². The van der Waals surface area contributed by atoms with Crippen LogP contribution in [0.15, 0.2) is 60.5 Å². The van der Waals surface area contributed by atoms with Gasteiger partial charge in [-0.25, -0.2) is 0 Å². The van der Waals surface area contributed by atoms with Crippen LogP contribution in [0.5, 0.6) is 0 Å². The van der Waals surface area contributed by atoms with Gasteiger partial charge >= 0.3 is 0 Å². The lowest BCUT2D eigenvalue weighted by Crippen LogP contribution is -2.36. The predicted molar refractivity (Wildman–Crippen MR) is 129 cm³/mol. The fourth-order valence-electron chi connectivity index (χ4n) is 5.06. The van der Waals surface area contributed by atoms with Crippen molar-refractivity contribution in [1.82, 2.24) is 14.8 Å². The van der Waals surface area contributed by atoms with Crippen LogP contribution in [0.25, 0.3) is 10.9 Å². The molecule has 1 unspecified atom stereocenters. The summed E-state index contributed by atoms with van der Waals surface area (Å²) < 4.78 is 2.39. The van der Waals surface area contributed by atoms with Gasteiger partial charge in [0.15, 0.2) is 0 Å². The first-order valence-corrected chi connectivity index (χ1v) is 12.2. The number of fused-ring (bicyclic) bond motifs is 1. The molecule has 1 saturated heterocycles. The monoisotopic (exact) mass is 419 g/mol. The molecule has 0 bridgehead atoms. The highest BCUT2D eigenvalue weighted by molar-refractivity contribution is 5.80. The summed E-state index contributed by atoms with van der Waals surface area (Å²) in [5, 5.41) is 4.32. The van der Waals surface area contributed by atoms with Gasteiger partial charge in [0.05, 0.1) is 0 Å². The number of allylic oxidation sites excluding steroid dienone is 3. The van der Waals surface area contributed by atoms with E-state index in [4.69, 9.17) is 0 Å². The van der Waals surface area contributed by atoms with E-state index in [1.807, 2.05) is 6.92 Å². The lowest BCUT2D eigenvalue weighted by molar-refractivity contribution is -0.120. The fraction of sp³-hybridized carbons (Fsp3) is 0.519. The maximum atomic E-state index is 11.5. The number of carbonyl (C=O) groups excluding carboxylic acids is 1. The molecule has 0 spiro atoms. The van der Waals surface area contributed by atoms with Crippen molar-refractivity contribution in [3.8, 4) is 0 Å². The Labute approximate surface area is 187 Å². The molecule has 0 radical (unpaired) electrons. The van der Waals surface area contributed by atoms with Gasteiger partial charge in [0.25, 0.3) is 0 Å². The highest BCUT2D eigenvalue weighted by atomic mass is 16.1. The van der Waals surface area contributed by atoms with Crippen LogP contribution in [0.4, 0.5) is 0 Å². The average molecular weight is 420 g/mol. The maximum Gasteiger partial charge on any atom is 0.224 e. The number of nitrogens with zero attached hydrogens (tertiary/aromatic N) is 2. The molecule has 1 aromatic heterocycles. The summed E-state index contributed by atoms with van der Waals surface area (Å²) in [7, 11) is 0. The quantitative estimate of drug-likeness (QED) is 0.544. The molecule has 1 amide bonds. The van der Waals surface area contributed by atoms with Crippen molar-refractivity contribution in [1.29, 1.82) is 0 Å². The van der Waals surface area contributed by atoms with Crippen molar-refractivity contribution >= 4 is 16.8 Å². The summed E-state index contributed by atoms with van der Waals surface area (Å²) in [4.78, 5) is 14.2. The average Bonchev–Trinajstić information content (AvgIpc) is 3.23. The van der Waals surface area contributed by atoms with Gasteiger partial charge in [-0.2, -0.15) is 0 Å². The molecular weight excluding hydrogens is 382 g/mol. The van der Waals surface area contributed by atoms with Crippen LogP contribution in [0, 0.1) is 11.8 Å². The number of hydrogen-bond donors (Lipinski definition) is 1. The lowest BCUT2D eigenvalue weighted by atomic mass is 9.80. The predicted octanol–water partition coefficient (Wildman–Crippen LogP) is 5.51. The number of amides is 1. The molecule has 1 aliphatic carbocycles. The topological polar surface area (TPSA) is 37.3 Å². The molecule has 2 aromatic rings. The molecule has 1 N–H and O–H groups in total. The van der Waals surface area contributed by atoms with E-state index >= 15 is 0 Å². The molecule has 31 heavy (non-hydrogen) atoms. The number of para-hydroxylation sites is 1. The number of rotatable bonds is 9. The zero-order valence-corrected chi connectivity index (χ0v) is 18.9. The largest absolute Gasteiger partial charge is 0.347 e. The second kappa shape index (κ2) is 10.8. The van der Waals surface area contributed by atoms with Crippen molar-refractivity contribution in [2.45, 2.75) is 58.4 Å². The number of benzene rings is 1. The van der Waals surface area contributed by atoms with Gasteiger partial charge in [0.2, 0.25) is 5.91 Å². The summed E-state index contributed by atoms with van der Waals surface area (Å²) in [6.45, 7) is 6.73. The van der Waals surface area contributed by atoms with Crippen molar-refractivity contribution < 1.29 is 4.79 Å². The number of piperidine rings is 1. The van der Waals surface area contributed by atoms with E-state index < -0.39 is 0 Å². The third-order valence-electron chi connectivity index (χ3n) is 7.03. The number of carbonyl (C=O) groups is 1. The number of unbranched alkanes of at least 4 members (excludes halogenated alkanes) is 2. The van der Waals surface area contributed by atoms with Gasteiger partial charge in [-0.3, -0.25) is 4.79 Å². The van der Waals surface area contributed by atoms with Crippen LogP contribution in [0.3, 0.4) is 0 Å². The molecule has 1 aliphatic heterocycles. The smallest absolute Gasteiger partial charge is 0.224 e. The van der Waals surface area contributed by atoms with Gasteiger partial charge in [-0.1, -0.05) is 43.7 Å². The standard InChI is InChI=1S/C27H37N3O/c1-2-27(31)28-25-12-10-22(11-13-25)23-14-19-29(20-15-23)17-6-3-7-18-30-21-16-24-8-4-5-9-26(24)30/h4-5,8-10,12-13,16,21-23H,2-3,6-7,11,14-15,17-20H2,1H3,(H,28,31). The maximum absolute atomic E-state index is 11.5. The summed E-state index contributed by atoms with van der Waals surface area (Å²) in [5.41, 5.74) is 2.34. The molecule has 0 saturated carbocycles. The molecular formula is C27H37N3O. The Morgan fingerprint density at radius 3 is 2.65 bits per heavy atom. The van der Waals surface area contributed by atoms with E-state index in [9.17, 15) is 4.79 Å². The Morgan fingerprint density at radius 2 is 1.87 bits per heavy atom. The van der Waals surface area contributed by atoms with Crippen LogP contribution in [0.2, 0.25) is 0 Å². The molecule has 2 heterocycles. The Hall–Kier alpha value is -2.33. The molecule has 1 atom stereocenters. The highest BCUT2D eigenvalue weighted by Gasteiger charge is 2.25. The summed E-state index contributed by atoms with van der Waals surface area (Å²) >= 11 is 0. The number of nitrogens with one attached hydrogen (secondary N) is 1. The number of hydrogen-bond acceptors (Lipinski definition) is 2. The van der Waals surface area contributed by atoms with Gasteiger partial charge in [-0.05, 0) is 87.2 Å². The van der Waals surface area contributed by atoms with E-state index in [2.05, 4.69) is 69.5 Å². The Balaban J connectivity index is 1.11. The molecule has 4 heteroatoms. The first-order valence-electron chi connectivity index (χ1n) is 12.2. The number of aryl methyl sites for hydroxylation is 1. The van der Waals surface area contributed by atoms with Gasteiger partial charge in [-0.15, -0.1) is 0 Å². The summed E-state index contributed by atoms with van der Waals surface area (Å²) in [6, 6.07) is 10.9. The first-order chi connectivity index (χ1) is 15.2. The normalized spacial score (nSPS) is 20.2. The summed E-state index contributed by atoms with van der Waals surface area (Å²) in [6.07, 6.45) is 16.9. The van der Waals surface area contributed by atoms with Gasteiger partial charge in [0, 0.05) is 30.4 Å². The SMILES string of the molecule is CCC(=O)NC1=CCC(C2CCN(CCCCCn3ccc4ccccc43)CC2)C=C1. The molecule has 4 nitrogen and oxygen atoms in total. The minimum absolute atomic E-state index is 0.101. The lowest BCUT2D eigenvalue weighted by Gasteiger charge is -2.35. The van der Waals surface area contributed by atoms with Gasteiger partial charge < -0.3 is 14.8 Å². The van der Waals surface area contributed by atoms with E-state index in [1.165, 1.54) is 62.6 Å². The molecule has 2 aliphatic rings. The van der Waals surface area contributed by atoms with Crippen molar-refractivity contribution in [2.24, 2.45) is 11.8 Å². The van der Waals surface area contributed by atoms with E-state index in [1.54, 1.807) is 0 Å². The number of likely N-dealkylation sites (tertiary alicyclic amines) is 1. The molecule has 1 aromatic carbocycles. The first kappa shape index (κ1) is 21.9. The molecule has 4 rings (SSSR count). The third kappa shape index (κ3) is 5.88. The zero-order valence-electron chi connectivity index (χ0n) is 18.9. The third-order valence-corrected chi connectivity index (χ3v) is 7.03. The Bertz CT molecular complexity index is 917. The minimum atomic E-state index is 0.101.